The Morgan fingerprint density at radius 2 is 0.460 bits per heavy atom. The molecule has 0 saturated heterocycles. The maximum absolute atomic E-state index is 2.33. The van der Waals surface area contributed by atoms with Gasteiger partial charge in [-0.05, 0) is 123 Å². The summed E-state index contributed by atoms with van der Waals surface area (Å²) in [6.45, 7) is 17.9. The Labute approximate surface area is 644 Å². The zero-order valence-corrected chi connectivity index (χ0v) is 67.5. The van der Waals surface area contributed by atoms with E-state index in [0.717, 1.165) is 0 Å². The third kappa shape index (κ3) is 17.7. The van der Waals surface area contributed by atoms with E-state index in [2.05, 4.69) is 369 Å². The van der Waals surface area contributed by atoms with Gasteiger partial charge in [0.25, 0.3) is 0 Å². The molecule has 0 fully saturated rings. The molecule has 0 saturated carbocycles. The Hall–Kier alpha value is -7.56. The Kier molecular flexibility index (Phi) is 26.7. The van der Waals surface area contributed by atoms with Gasteiger partial charge in [0.15, 0.2) is 0 Å². The standard InChI is InChI=1S/2C24H17.2C20H15.2C2H6Si.4ClH.2Zr/c2*1-16-12-19-8-4-10-21(23(19)13-16)22-11-5-9-20-14-17-6-2-3-7-18(17)15-24(20)22;2*1-14-11-17-7-4-8-19(20(17)12-14)18-10-9-15-5-2-3-6-16(15)13-18;2*1-3-2;;;;;;/h2*2-15H,1H3;2*2-13H,1H3;2*1-2H3;4*1H;;/q4*-1;;;;;;;;+2/p-4. The second kappa shape index (κ2) is 34.9. The van der Waals surface area contributed by atoms with Crippen LogP contribution in [0.4, 0.5) is 0 Å². The fourth-order valence-electron chi connectivity index (χ4n) is 13.6. The van der Waals surface area contributed by atoms with Gasteiger partial charge in [0.2, 0.25) is 0 Å². The Balaban J connectivity index is 0.000000148. The molecule has 0 heterocycles. The van der Waals surface area contributed by atoms with Crippen LogP contribution in [0.1, 0.15) is 22.3 Å². The molecule has 0 radical (unpaired) electrons. The number of fused-ring (bicyclic) bond motifs is 10. The fraction of sp³-hybridized carbons (Fsp3) is 0.0870. The third-order valence-electron chi connectivity index (χ3n) is 17.8. The maximum atomic E-state index is 2.33. The Bertz CT molecular complexity index is 5540. The SMILES string of the molecule is C[Si](C)=[Zr+2].C[Si](C)=[Zr].Cc1cc2c(-c3ccc4ccccc4c3)cccc2[cH-]1.Cc1cc2c(-c3ccc4ccccc4c3)cccc2[cH-]1.Cc1cc2c(-c3cccc4cc5ccccc5cc34)cccc2[cH-]1.Cc1cc2c(-c3cccc4cc5ccccc5cc34)cccc2[cH-]1.[Cl-].[Cl-].[Cl-].[Cl-]. The number of hydrogen-bond donors (Lipinski definition) is 0. The van der Waals surface area contributed by atoms with Gasteiger partial charge in [-0.3, -0.25) is 0 Å². The average Bonchev–Trinajstić information content (AvgIpc) is 1.79. The molecule has 0 spiro atoms. The first-order valence-corrected chi connectivity index (χ1v) is 45.6. The van der Waals surface area contributed by atoms with Crippen LogP contribution in [0.25, 0.3) is 152 Å². The van der Waals surface area contributed by atoms with E-state index in [0.29, 0.717) is 0 Å². The molecule has 8 heteroatoms. The molecule has 0 atom stereocenters. The minimum absolute atomic E-state index is 0. The molecule has 0 aromatic heterocycles. The largest absolute Gasteiger partial charge is 1.00 e. The van der Waals surface area contributed by atoms with Crippen molar-refractivity contribution in [1.82, 2.24) is 0 Å². The predicted molar refractivity (Wildman–Crippen MR) is 419 cm³/mol. The van der Waals surface area contributed by atoms with Crippen LogP contribution in [0.5, 0.6) is 0 Å². The molecule has 100 heavy (non-hydrogen) atoms. The molecule has 0 nitrogen and oxygen atoms in total. The van der Waals surface area contributed by atoms with Crippen LogP contribution in [-0.2, 0) is 46.7 Å². The first-order valence-electron chi connectivity index (χ1n) is 33.2. The zero-order valence-electron chi connectivity index (χ0n) is 57.5. The van der Waals surface area contributed by atoms with Gasteiger partial charge in [0.05, 0.1) is 0 Å². The molecule has 18 aromatic carbocycles. The van der Waals surface area contributed by atoms with Crippen LogP contribution in [0, 0.1) is 27.7 Å². The van der Waals surface area contributed by atoms with Gasteiger partial charge >= 0.3 is 83.7 Å². The van der Waals surface area contributed by atoms with Crippen molar-refractivity contribution in [2.24, 2.45) is 0 Å². The van der Waals surface area contributed by atoms with E-state index >= 15 is 0 Å². The number of benzene rings is 14. The van der Waals surface area contributed by atoms with Crippen molar-refractivity contribution in [2.45, 2.75) is 53.9 Å². The number of halogens is 4. The van der Waals surface area contributed by atoms with Crippen molar-refractivity contribution < 1.29 is 96.3 Å². The molecule has 0 aliphatic carbocycles. The van der Waals surface area contributed by atoms with Crippen molar-refractivity contribution in [3.05, 3.63) is 338 Å². The Morgan fingerprint density at radius 1 is 0.240 bits per heavy atom. The minimum atomic E-state index is 0. The zero-order chi connectivity index (χ0) is 66.4. The number of hydrogen-bond acceptors (Lipinski definition) is 0. The summed E-state index contributed by atoms with van der Waals surface area (Å²) >= 11 is 3.48. The fourth-order valence-corrected chi connectivity index (χ4v) is 13.6. The molecule has 0 aliphatic heterocycles. The molecule has 18 aromatic rings. The van der Waals surface area contributed by atoms with Crippen LogP contribution in [-0.4, -0.2) is 10.9 Å². The Morgan fingerprint density at radius 3 is 0.760 bits per heavy atom. The van der Waals surface area contributed by atoms with Gasteiger partial charge in [0, 0.05) is 0 Å². The van der Waals surface area contributed by atoms with Gasteiger partial charge in [-0.15, -0.1) is 138 Å². The van der Waals surface area contributed by atoms with E-state index in [9.17, 15) is 0 Å². The van der Waals surface area contributed by atoms with Crippen molar-refractivity contribution in [3.63, 3.8) is 0 Å². The van der Waals surface area contributed by atoms with Crippen molar-refractivity contribution in [1.29, 1.82) is 0 Å². The van der Waals surface area contributed by atoms with Crippen LogP contribution >= 0.6 is 0 Å². The summed E-state index contributed by atoms with van der Waals surface area (Å²) in [4.78, 5) is 0. The molecule has 18 rings (SSSR count). The molecular formula is C92H76Cl4Si2Zr2-6. The quantitative estimate of drug-likeness (QED) is 0.0936. The second-order valence-corrected chi connectivity index (χ2v) is 44.7. The summed E-state index contributed by atoms with van der Waals surface area (Å²) in [5.74, 6) is 0. The van der Waals surface area contributed by atoms with E-state index in [1.807, 2.05) is 0 Å². The van der Waals surface area contributed by atoms with Gasteiger partial charge in [0.1, 0.15) is 0 Å². The van der Waals surface area contributed by atoms with Gasteiger partial charge in [-0.1, -0.05) is 232 Å². The van der Waals surface area contributed by atoms with Crippen LogP contribution < -0.4 is 49.6 Å². The van der Waals surface area contributed by atoms with Crippen molar-refractivity contribution >= 4 is 119 Å². The van der Waals surface area contributed by atoms with Crippen LogP contribution in [0.15, 0.2) is 315 Å². The van der Waals surface area contributed by atoms with E-state index in [4.69, 9.17) is 0 Å². The summed E-state index contributed by atoms with van der Waals surface area (Å²) in [6.07, 6.45) is 0. The molecule has 0 aliphatic rings. The summed E-state index contributed by atoms with van der Waals surface area (Å²) in [7, 11) is 0. The molecule has 0 amide bonds. The van der Waals surface area contributed by atoms with Crippen LogP contribution in [0.2, 0.25) is 26.2 Å². The smallest absolute Gasteiger partial charge is 0.0107 e. The summed E-state index contributed by atoms with van der Waals surface area (Å²) in [5, 5.41) is 26.3. The van der Waals surface area contributed by atoms with E-state index in [1.165, 1.54) is 174 Å². The first-order chi connectivity index (χ1) is 46.7. The van der Waals surface area contributed by atoms with Crippen molar-refractivity contribution in [3.8, 4) is 44.5 Å². The number of rotatable bonds is 4. The predicted octanol–water partition coefficient (Wildman–Crippen LogP) is 14.6. The third-order valence-corrected chi connectivity index (χ3v) is 17.8. The molecule has 0 bridgehead atoms. The summed E-state index contributed by atoms with van der Waals surface area (Å²) in [5.41, 5.74) is 16.2. The summed E-state index contributed by atoms with van der Waals surface area (Å²) in [6, 6.07) is 115. The average molecular weight is 1560 g/mol. The van der Waals surface area contributed by atoms with E-state index in [1.54, 1.807) is 46.7 Å². The van der Waals surface area contributed by atoms with E-state index in [-0.39, 0.29) is 60.5 Å². The molecule has 494 valence electrons. The van der Waals surface area contributed by atoms with Gasteiger partial charge in [-0.2, -0.15) is 24.3 Å². The summed E-state index contributed by atoms with van der Waals surface area (Å²) < 4.78 is 0. The monoisotopic (exact) mass is 1560 g/mol. The van der Waals surface area contributed by atoms with Crippen molar-refractivity contribution in [2.75, 3.05) is 0 Å². The topological polar surface area (TPSA) is 0 Å². The molecule has 0 unspecified atom stereocenters. The van der Waals surface area contributed by atoms with Crippen LogP contribution in [0.3, 0.4) is 0 Å². The van der Waals surface area contributed by atoms with Gasteiger partial charge < -0.3 is 49.6 Å². The molecule has 0 N–H and O–H groups in total. The van der Waals surface area contributed by atoms with E-state index < -0.39 is 0 Å². The first kappa shape index (κ1) is 76.6. The van der Waals surface area contributed by atoms with Gasteiger partial charge in [-0.25, -0.2) is 0 Å². The maximum Gasteiger partial charge on any atom is -0.0107 e. The molecular weight excluding hydrogens is 1490 g/mol. The second-order valence-electron chi connectivity index (χ2n) is 25.9. The minimum Gasteiger partial charge on any atom is -1.00 e. The number of aryl methyl sites for hydroxylation is 4. The normalized spacial score (nSPS) is 10.6.